The molecule has 0 aromatic heterocycles. The fraction of sp³-hybridized carbons (Fsp3) is 0.182. The van der Waals surface area contributed by atoms with E-state index in [1.54, 1.807) is 11.8 Å². The van der Waals surface area contributed by atoms with Gasteiger partial charge in [0.05, 0.1) is 18.1 Å². The van der Waals surface area contributed by atoms with Gasteiger partial charge in [-0.2, -0.15) is 0 Å². The van der Waals surface area contributed by atoms with Gasteiger partial charge in [-0.3, -0.25) is 0 Å². The van der Waals surface area contributed by atoms with Crippen molar-refractivity contribution >= 4 is 62.6 Å². The molecule has 0 saturated heterocycles. The van der Waals surface area contributed by atoms with Crippen LogP contribution >= 0.6 is 51.7 Å². The summed E-state index contributed by atoms with van der Waals surface area (Å²) in [7, 11) is 0. The number of allylic oxidation sites excluding steroid dienone is 1. The van der Waals surface area contributed by atoms with Crippen LogP contribution in [-0.4, -0.2) is 15.9 Å². The second-order valence-corrected chi connectivity index (χ2v) is 5.63. The molecule has 2 aliphatic heterocycles. The molecule has 0 radical (unpaired) electrons. The number of hydrogen-bond donors (Lipinski definition) is 0. The summed E-state index contributed by atoms with van der Waals surface area (Å²) >= 11 is 11.0. The standard InChI is InChI=1S/C11H8BrClN2S.ClH/c12-8-2-1-7-5-15-9(4-13)6-16-11(15)14-10(7)3-8;/h1-3,6H,4-5H2;1H. The van der Waals surface area contributed by atoms with Crippen molar-refractivity contribution in [3.8, 4) is 0 Å². The first-order chi connectivity index (χ1) is 7.78. The van der Waals surface area contributed by atoms with Gasteiger partial charge in [-0.05, 0) is 23.1 Å². The Morgan fingerprint density at radius 2 is 2.29 bits per heavy atom. The van der Waals surface area contributed by atoms with Crippen molar-refractivity contribution < 1.29 is 0 Å². The Morgan fingerprint density at radius 1 is 1.47 bits per heavy atom. The number of amidine groups is 1. The van der Waals surface area contributed by atoms with Crippen molar-refractivity contribution in [2.24, 2.45) is 4.99 Å². The fourth-order valence-electron chi connectivity index (χ4n) is 1.78. The Bertz CT molecular complexity index is 516. The molecule has 2 aliphatic rings. The molecule has 0 atom stereocenters. The van der Waals surface area contributed by atoms with Crippen LogP contribution in [0.1, 0.15) is 5.56 Å². The smallest absolute Gasteiger partial charge is 0.173 e. The Hall–Kier alpha value is -0.160. The summed E-state index contributed by atoms with van der Waals surface area (Å²) < 4.78 is 1.07. The zero-order valence-electron chi connectivity index (χ0n) is 8.69. The molecule has 1 aromatic rings. The Labute approximate surface area is 124 Å². The molecule has 90 valence electrons. The lowest BCUT2D eigenvalue weighted by Gasteiger charge is -2.26. The number of benzene rings is 1. The van der Waals surface area contributed by atoms with E-state index < -0.39 is 0 Å². The van der Waals surface area contributed by atoms with Crippen LogP contribution in [0.2, 0.25) is 0 Å². The number of fused-ring (bicyclic) bond motifs is 2. The van der Waals surface area contributed by atoms with Gasteiger partial charge >= 0.3 is 0 Å². The van der Waals surface area contributed by atoms with Crippen molar-refractivity contribution in [1.29, 1.82) is 0 Å². The van der Waals surface area contributed by atoms with E-state index >= 15 is 0 Å². The van der Waals surface area contributed by atoms with Crippen LogP contribution in [0.3, 0.4) is 0 Å². The van der Waals surface area contributed by atoms with Gasteiger partial charge in [0.2, 0.25) is 0 Å². The molecule has 0 saturated carbocycles. The number of thioether (sulfide) groups is 1. The van der Waals surface area contributed by atoms with E-state index in [0.29, 0.717) is 5.88 Å². The van der Waals surface area contributed by atoms with Gasteiger partial charge in [-0.1, -0.05) is 33.8 Å². The Kier molecular flexibility index (Phi) is 4.08. The number of nitrogens with zero attached hydrogens (tertiary/aromatic N) is 2. The minimum Gasteiger partial charge on any atom is -0.318 e. The van der Waals surface area contributed by atoms with E-state index in [9.17, 15) is 0 Å². The van der Waals surface area contributed by atoms with E-state index in [2.05, 4.69) is 43.4 Å². The lowest BCUT2D eigenvalue weighted by molar-refractivity contribution is 0.518. The van der Waals surface area contributed by atoms with Crippen LogP contribution in [-0.2, 0) is 6.54 Å². The third-order valence-corrected chi connectivity index (χ3v) is 4.29. The average Bonchev–Trinajstić information content (AvgIpc) is 2.68. The molecule has 0 fully saturated rings. The maximum absolute atomic E-state index is 5.89. The maximum Gasteiger partial charge on any atom is 0.173 e. The molecular formula is C11H9BrCl2N2S. The van der Waals surface area contributed by atoms with Gasteiger partial charge in [0.25, 0.3) is 0 Å². The van der Waals surface area contributed by atoms with Crippen LogP contribution in [0.4, 0.5) is 5.69 Å². The topological polar surface area (TPSA) is 15.6 Å². The summed E-state index contributed by atoms with van der Waals surface area (Å²) in [5, 5.41) is 3.11. The monoisotopic (exact) mass is 350 g/mol. The van der Waals surface area contributed by atoms with E-state index in [-0.39, 0.29) is 12.4 Å². The molecule has 6 heteroatoms. The van der Waals surface area contributed by atoms with E-state index in [1.165, 1.54) is 5.56 Å². The lowest BCUT2D eigenvalue weighted by Crippen LogP contribution is -2.26. The summed E-state index contributed by atoms with van der Waals surface area (Å²) in [5.74, 6) is 0.540. The average molecular weight is 352 g/mol. The van der Waals surface area contributed by atoms with Crippen molar-refractivity contribution in [2.45, 2.75) is 6.54 Å². The SMILES string of the molecule is Cl.ClCC1=CSC2=Nc3cc(Br)ccc3CN12. The Balaban J connectivity index is 0.00000108. The predicted molar refractivity (Wildman–Crippen MR) is 80.4 cm³/mol. The number of alkyl halides is 1. The highest BCUT2D eigenvalue weighted by Crippen LogP contribution is 2.37. The van der Waals surface area contributed by atoms with E-state index in [4.69, 9.17) is 11.6 Å². The van der Waals surface area contributed by atoms with Crippen LogP contribution in [0, 0.1) is 0 Å². The number of rotatable bonds is 1. The highest BCUT2D eigenvalue weighted by Gasteiger charge is 2.26. The lowest BCUT2D eigenvalue weighted by atomic mass is 10.1. The molecule has 1 aromatic carbocycles. The van der Waals surface area contributed by atoms with Gasteiger partial charge in [-0.15, -0.1) is 24.0 Å². The van der Waals surface area contributed by atoms with Gasteiger partial charge in [0.1, 0.15) is 0 Å². The molecule has 2 heterocycles. The fourth-order valence-corrected chi connectivity index (χ4v) is 3.35. The van der Waals surface area contributed by atoms with Gasteiger partial charge in [0.15, 0.2) is 5.17 Å². The molecule has 0 amide bonds. The van der Waals surface area contributed by atoms with Gasteiger partial charge in [-0.25, -0.2) is 4.99 Å². The summed E-state index contributed by atoms with van der Waals surface area (Å²) in [6, 6.07) is 6.21. The van der Waals surface area contributed by atoms with Crippen molar-refractivity contribution in [2.75, 3.05) is 5.88 Å². The van der Waals surface area contributed by atoms with Crippen LogP contribution in [0.25, 0.3) is 0 Å². The summed E-state index contributed by atoms with van der Waals surface area (Å²) in [5.41, 5.74) is 3.43. The van der Waals surface area contributed by atoms with Crippen LogP contribution in [0.15, 0.2) is 38.8 Å². The zero-order chi connectivity index (χ0) is 11.1. The largest absolute Gasteiger partial charge is 0.318 e. The first kappa shape index (κ1) is 13.3. The Morgan fingerprint density at radius 3 is 3.06 bits per heavy atom. The summed E-state index contributed by atoms with van der Waals surface area (Å²) in [4.78, 5) is 6.81. The number of hydrogen-bond acceptors (Lipinski definition) is 3. The van der Waals surface area contributed by atoms with Crippen LogP contribution < -0.4 is 0 Å². The molecular weight excluding hydrogens is 343 g/mol. The van der Waals surface area contributed by atoms with E-state index in [0.717, 1.165) is 27.6 Å². The van der Waals surface area contributed by atoms with Crippen LogP contribution in [0.5, 0.6) is 0 Å². The predicted octanol–water partition coefficient (Wildman–Crippen LogP) is 4.50. The highest BCUT2D eigenvalue weighted by molar-refractivity contribution is 9.10. The second kappa shape index (κ2) is 5.22. The molecule has 0 unspecified atom stereocenters. The highest BCUT2D eigenvalue weighted by atomic mass is 79.9. The molecule has 2 nitrogen and oxygen atoms in total. The minimum absolute atomic E-state index is 0. The van der Waals surface area contributed by atoms with E-state index in [1.807, 2.05) is 6.07 Å². The normalized spacial score (nSPS) is 16.7. The second-order valence-electron chi connectivity index (χ2n) is 3.61. The molecule has 0 bridgehead atoms. The van der Waals surface area contributed by atoms with Gasteiger partial charge in [0, 0.05) is 10.2 Å². The first-order valence-corrected chi connectivity index (χ1v) is 7.05. The van der Waals surface area contributed by atoms with Crippen molar-refractivity contribution in [1.82, 2.24) is 4.90 Å². The quantitative estimate of drug-likeness (QED) is 0.692. The number of aliphatic imine (C=N–C) groups is 1. The third kappa shape index (κ3) is 2.36. The van der Waals surface area contributed by atoms with Crippen molar-refractivity contribution in [3.05, 3.63) is 39.3 Å². The molecule has 0 aliphatic carbocycles. The number of halogens is 3. The zero-order valence-corrected chi connectivity index (χ0v) is 12.7. The molecule has 17 heavy (non-hydrogen) atoms. The molecule has 0 spiro atoms. The summed E-state index contributed by atoms with van der Waals surface area (Å²) in [6.45, 7) is 0.868. The third-order valence-electron chi connectivity index (χ3n) is 2.61. The minimum atomic E-state index is 0. The summed E-state index contributed by atoms with van der Waals surface area (Å²) in [6.07, 6.45) is 0. The molecule has 0 N–H and O–H groups in total. The van der Waals surface area contributed by atoms with Crippen molar-refractivity contribution in [3.63, 3.8) is 0 Å². The van der Waals surface area contributed by atoms with Gasteiger partial charge < -0.3 is 4.90 Å². The first-order valence-electron chi connectivity index (χ1n) is 4.84. The maximum atomic E-state index is 5.89. The molecule has 3 rings (SSSR count).